The van der Waals surface area contributed by atoms with Crippen LogP contribution >= 0.6 is 0 Å². The molecule has 1 aromatic heterocycles. The van der Waals surface area contributed by atoms with E-state index in [-0.39, 0.29) is 0 Å². The lowest BCUT2D eigenvalue weighted by atomic mass is 9.99. The molecule has 2 aliphatic heterocycles. The second-order valence-corrected chi connectivity index (χ2v) is 7.70. The van der Waals surface area contributed by atoms with Crippen molar-refractivity contribution in [2.75, 3.05) is 0 Å². The van der Waals surface area contributed by atoms with E-state index >= 15 is 0 Å². The van der Waals surface area contributed by atoms with Crippen LogP contribution < -0.4 is 0 Å². The predicted octanol–water partition coefficient (Wildman–Crippen LogP) is 5.30. The van der Waals surface area contributed by atoms with Crippen molar-refractivity contribution in [3.05, 3.63) is 90.3 Å². The van der Waals surface area contributed by atoms with Crippen LogP contribution in [0.25, 0.3) is 33.9 Å². The fourth-order valence-electron chi connectivity index (χ4n) is 3.62. The van der Waals surface area contributed by atoms with Crippen LogP contribution in [0.15, 0.2) is 73.4 Å². The first-order valence-electron chi connectivity index (χ1n) is 10.1. The third kappa shape index (κ3) is 3.62. The Labute approximate surface area is 175 Å². The fourth-order valence-corrected chi connectivity index (χ4v) is 3.62. The molecule has 0 atom stereocenters. The molecule has 0 bridgehead atoms. The third-order valence-electron chi connectivity index (χ3n) is 5.60. The monoisotopic (exact) mass is 393 g/mol. The standard InChI is InChI=1S/C25H23N5/c1-17-3-4-21(13-18(17)2)19-5-7-20(8-6-19)25-28-23-10-12-30(15-24(23)29-25)11-9-22-14-26-16-27-22/h3-8,10,12-16H,9,11H2,1-2H3,(H,26,27). The van der Waals surface area contributed by atoms with E-state index in [0.29, 0.717) is 0 Å². The Morgan fingerprint density at radius 1 is 0.833 bits per heavy atom. The van der Waals surface area contributed by atoms with Gasteiger partial charge in [0.05, 0.1) is 12.0 Å². The summed E-state index contributed by atoms with van der Waals surface area (Å²) >= 11 is 0. The van der Waals surface area contributed by atoms with Crippen LogP contribution in [0.5, 0.6) is 0 Å². The van der Waals surface area contributed by atoms with Gasteiger partial charge in [0, 0.05) is 42.8 Å². The number of aryl methyl sites for hydroxylation is 4. The Morgan fingerprint density at radius 2 is 1.60 bits per heavy atom. The SMILES string of the molecule is Cc1ccc(-c2ccc(-c3nc4ccn(CCc5cnc[nH]5)cc-4n3)cc2)cc1C. The van der Waals surface area contributed by atoms with Crippen molar-refractivity contribution in [3.8, 4) is 33.9 Å². The van der Waals surface area contributed by atoms with Crippen molar-refractivity contribution < 1.29 is 0 Å². The van der Waals surface area contributed by atoms with Gasteiger partial charge in [-0.25, -0.2) is 15.0 Å². The summed E-state index contributed by atoms with van der Waals surface area (Å²) in [5.41, 5.74) is 9.04. The highest BCUT2D eigenvalue weighted by atomic mass is 15.0. The first-order valence-corrected chi connectivity index (χ1v) is 10.1. The van der Waals surface area contributed by atoms with Gasteiger partial charge in [-0.2, -0.15) is 0 Å². The van der Waals surface area contributed by atoms with Crippen molar-refractivity contribution in [1.29, 1.82) is 0 Å². The van der Waals surface area contributed by atoms with Gasteiger partial charge in [0.2, 0.25) is 0 Å². The molecule has 3 heterocycles. The van der Waals surface area contributed by atoms with Crippen molar-refractivity contribution in [1.82, 2.24) is 24.5 Å². The number of H-pyrrole nitrogens is 1. The van der Waals surface area contributed by atoms with Crippen molar-refractivity contribution in [3.63, 3.8) is 0 Å². The Kier molecular flexibility index (Phi) is 4.64. The van der Waals surface area contributed by atoms with Gasteiger partial charge in [-0.05, 0) is 42.2 Å². The molecule has 0 fully saturated rings. The number of benzene rings is 2. The van der Waals surface area contributed by atoms with Crippen LogP contribution in [0.1, 0.15) is 16.8 Å². The molecule has 30 heavy (non-hydrogen) atoms. The van der Waals surface area contributed by atoms with Gasteiger partial charge in [0.1, 0.15) is 5.69 Å². The number of aromatic nitrogens is 5. The summed E-state index contributed by atoms with van der Waals surface area (Å²) in [5, 5.41) is 0. The molecule has 2 aromatic carbocycles. The minimum Gasteiger partial charge on any atom is -0.352 e. The summed E-state index contributed by atoms with van der Waals surface area (Å²) in [5.74, 6) is 0.767. The molecule has 0 saturated carbocycles. The van der Waals surface area contributed by atoms with Gasteiger partial charge in [-0.15, -0.1) is 0 Å². The van der Waals surface area contributed by atoms with Crippen LogP contribution in [0.3, 0.4) is 0 Å². The molecule has 5 nitrogen and oxygen atoms in total. The largest absolute Gasteiger partial charge is 0.352 e. The number of nitrogens with one attached hydrogen (secondary N) is 1. The summed E-state index contributed by atoms with van der Waals surface area (Å²) in [6.45, 7) is 5.16. The van der Waals surface area contributed by atoms with Gasteiger partial charge in [0.15, 0.2) is 5.82 Å². The molecule has 1 N–H and O–H groups in total. The number of nitrogens with zero attached hydrogens (tertiary/aromatic N) is 4. The smallest absolute Gasteiger partial charge is 0.160 e. The highest BCUT2D eigenvalue weighted by Gasteiger charge is 2.13. The number of imidazole rings is 2. The number of rotatable bonds is 5. The first kappa shape index (κ1) is 18.3. The Hall–Kier alpha value is -3.73. The quantitative estimate of drug-likeness (QED) is 0.441. The van der Waals surface area contributed by atoms with Crippen LogP contribution in [0.2, 0.25) is 0 Å². The van der Waals surface area contributed by atoms with Crippen LogP contribution in [-0.2, 0) is 13.0 Å². The number of hydrogen-bond acceptors (Lipinski definition) is 3. The topological polar surface area (TPSA) is 59.4 Å². The zero-order valence-corrected chi connectivity index (χ0v) is 17.1. The summed E-state index contributed by atoms with van der Waals surface area (Å²) in [6, 6.07) is 17.1. The average Bonchev–Trinajstić information content (AvgIpc) is 3.44. The van der Waals surface area contributed by atoms with E-state index in [1.54, 1.807) is 6.33 Å². The lowest BCUT2D eigenvalue weighted by Crippen LogP contribution is -2.02. The minimum atomic E-state index is 0.767. The lowest BCUT2D eigenvalue weighted by Gasteiger charge is -2.06. The van der Waals surface area contributed by atoms with Crippen molar-refractivity contribution in [2.24, 2.45) is 0 Å². The summed E-state index contributed by atoms with van der Waals surface area (Å²) < 4.78 is 2.14. The van der Waals surface area contributed by atoms with Gasteiger partial charge in [0.25, 0.3) is 0 Å². The average molecular weight is 393 g/mol. The summed E-state index contributed by atoms with van der Waals surface area (Å²) in [6.07, 6.45) is 8.59. The molecule has 0 aliphatic carbocycles. The molecule has 0 radical (unpaired) electrons. The molecular weight excluding hydrogens is 370 g/mol. The number of aromatic amines is 1. The molecule has 0 unspecified atom stereocenters. The van der Waals surface area contributed by atoms with Crippen LogP contribution in [-0.4, -0.2) is 24.5 Å². The lowest BCUT2D eigenvalue weighted by molar-refractivity contribution is 0.682. The molecule has 2 aliphatic rings. The van der Waals surface area contributed by atoms with E-state index in [1.165, 1.54) is 22.3 Å². The van der Waals surface area contributed by atoms with Gasteiger partial charge >= 0.3 is 0 Å². The summed E-state index contributed by atoms with van der Waals surface area (Å²) in [4.78, 5) is 16.7. The second kappa shape index (κ2) is 7.59. The Bertz CT molecular complexity index is 1250. The first-order chi connectivity index (χ1) is 14.7. The highest BCUT2D eigenvalue weighted by Crippen LogP contribution is 2.28. The van der Waals surface area contributed by atoms with Crippen molar-refractivity contribution in [2.45, 2.75) is 26.8 Å². The minimum absolute atomic E-state index is 0.767. The van der Waals surface area contributed by atoms with E-state index in [0.717, 1.165) is 41.4 Å². The van der Waals surface area contributed by atoms with Gasteiger partial charge in [-0.1, -0.05) is 42.5 Å². The van der Waals surface area contributed by atoms with Gasteiger partial charge in [-0.3, -0.25) is 0 Å². The molecule has 0 spiro atoms. The van der Waals surface area contributed by atoms with E-state index in [1.807, 2.05) is 12.3 Å². The zero-order valence-electron chi connectivity index (χ0n) is 17.1. The molecule has 5 rings (SSSR count). The van der Waals surface area contributed by atoms with Crippen LogP contribution in [0, 0.1) is 13.8 Å². The van der Waals surface area contributed by atoms with E-state index < -0.39 is 0 Å². The Morgan fingerprint density at radius 3 is 2.37 bits per heavy atom. The third-order valence-corrected chi connectivity index (χ3v) is 5.60. The Balaban J connectivity index is 1.37. The number of hydrogen-bond donors (Lipinski definition) is 1. The number of pyridine rings is 1. The molecule has 5 heteroatoms. The maximum atomic E-state index is 4.76. The molecule has 0 amide bonds. The maximum absolute atomic E-state index is 4.76. The maximum Gasteiger partial charge on any atom is 0.160 e. The van der Waals surface area contributed by atoms with Gasteiger partial charge < -0.3 is 9.55 Å². The van der Waals surface area contributed by atoms with Crippen molar-refractivity contribution >= 4 is 0 Å². The molecule has 0 saturated heterocycles. The predicted molar refractivity (Wildman–Crippen MR) is 119 cm³/mol. The molecule has 148 valence electrons. The zero-order chi connectivity index (χ0) is 20.5. The van der Waals surface area contributed by atoms with E-state index in [9.17, 15) is 0 Å². The number of fused-ring (bicyclic) bond motifs is 1. The fraction of sp³-hybridized carbons (Fsp3) is 0.160. The van der Waals surface area contributed by atoms with E-state index in [2.05, 4.69) is 83.2 Å². The van der Waals surface area contributed by atoms with E-state index in [4.69, 9.17) is 9.97 Å². The normalized spacial score (nSPS) is 11.3. The second-order valence-electron chi connectivity index (χ2n) is 7.70. The highest BCUT2D eigenvalue weighted by molar-refractivity contribution is 5.71. The molecule has 3 aromatic rings. The van der Waals surface area contributed by atoms with Crippen LogP contribution in [0.4, 0.5) is 0 Å². The summed E-state index contributed by atoms with van der Waals surface area (Å²) in [7, 11) is 0. The molecular formula is C25H23N5.